The van der Waals surface area contributed by atoms with E-state index < -0.39 is 11.6 Å². The third-order valence-corrected chi connectivity index (χ3v) is 4.42. The van der Waals surface area contributed by atoms with E-state index in [0.717, 1.165) is 25.9 Å². The van der Waals surface area contributed by atoms with Gasteiger partial charge in [-0.1, -0.05) is 0 Å². The van der Waals surface area contributed by atoms with E-state index in [4.69, 9.17) is 0 Å². The molecule has 0 atom stereocenters. The molecule has 2 nitrogen and oxygen atoms in total. The normalized spacial score (nSPS) is 18.2. The molecule has 1 aromatic carbocycles. The molecular weight excluding hydrogens is 314 g/mol. The first kappa shape index (κ1) is 14.9. The largest absolute Gasteiger partial charge is 0.306 e. The van der Waals surface area contributed by atoms with Crippen molar-refractivity contribution < 1.29 is 8.78 Å². The number of nitrogens with zero attached hydrogens (tertiary/aromatic N) is 2. The number of likely N-dealkylation sites (tertiary alicyclic amines) is 1. The van der Waals surface area contributed by atoms with Gasteiger partial charge in [-0.25, -0.2) is 8.78 Å². The molecule has 0 N–H and O–H groups in total. The van der Waals surface area contributed by atoms with Crippen LogP contribution in [0, 0.1) is 11.6 Å². The van der Waals surface area contributed by atoms with Gasteiger partial charge in [0.2, 0.25) is 0 Å². The zero-order valence-electron chi connectivity index (χ0n) is 11.3. The molecule has 19 heavy (non-hydrogen) atoms. The van der Waals surface area contributed by atoms with Crippen LogP contribution in [0.2, 0.25) is 0 Å². The predicted molar refractivity (Wildman–Crippen MR) is 76.0 cm³/mol. The number of hydrogen-bond donors (Lipinski definition) is 0. The molecule has 106 valence electrons. The number of piperidine rings is 1. The minimum absolute atomic E-state index is 0.165. The highest BCUT2D eigenvalue weighted by atomic mass is 79.9. The number of hydrogen-bond acceptors (Lipinski definition) is 2. The topological polar surface area (TPSA) is 6.48 Å². The van der Waals surface area contributed by atoms with Crippen LogP contribution in [-0.2, 0) is 6.54 Å². The van der Waals surface area contributed by atoms with Crippen molar-refractivity contribution in [2.75, 3.05) is 27.2 Å². The highest BCUT2D eigenvalue weighted by Crippen LogP contribution is 2.24. The van der Waals surface area contributed by atoms with Crippen molar-refractivity contribution in [3.05, 3.63) is 33.8 Å². The SMILES string of the molecule is CN(C)C1CCN(Cc2c(F)ccc(Br)c2F)CC1. The molecule has 0 amide bonds. The molecule has 1 heterocycles. The summed E-state index contributed by atoms with van der Waals surface area (Å²) in [4.78, 5) is 4.34. The van der Waals surface area contributed by atoms with Gasteiger partial charge >= 0.3 is 0 Å². The van der Waals surface area contributed by atoms with E-state index in [0.29, 0.717) is 17.1 Å². The summed E-state index contributed by atoms with van der Waals surface area (Å²) in [7, 11) is 4.15. The summed E-state index contributed by atoms with van der Waals surface area (Å²) >= 11 is 3.11. The summed E-state index contributed by atoms with van der Waals surface area (Å²) < 4.78 is 27.9. The van der Waals surface area contributed by atoms with Gasteiger partial charge in [0.1, 0.15) is 11.6 Å². The minimum atomic E-state index is -0.477. The van der Waals surface area contributed by atoms with E-state index in [-0.39, 0.29) is 5.56 Å². The van der Waals surface area contributed by atoms with Crippen LogP contribution in [0.3, 0.4) is 0 Å². The lowest BCUT2D eigenvalue weighted by Gasteiger charge is -2.35. The van der Waals surface area contributed by atoms with Crippen LogP contribution in [0.25, 0.3) is 0 Å². The summed E-state index contributed by atoms with van der Waals surface area (Å²) in [5.74, 6) is -0.940. The fourth-order valence-corrected chi connectivity index (χ4v) is 2.90. The van der Waals surface area contributed by atoms with Crippen LogP contribution in [0.1, 0.15) is 18.4 Å². The van der Waals surface area contributed by atoms with E-state index >= 15 is 0 Å². The van der Waals surface area contributed by atoms with Gasteiger partial charge in [0.05, 0.1) is 4.47 Å². The van der Waals surface area contributed by atoms with Crippen molar-refractivity contribution in [1.82, 2.24) is 9.80 Å². The average Bonchev–Trinajstić information content (AvgIpc) is 2.40. The predicted octanol–water partition coefficient (Wildman–Crippen LogP) is 3.25. The lowest BCUT2D eigenvalue weighted by molar-refractivity contribution is 0.138. The van der Waals surface area contributed by atoms with E-state index in [1.807, 2.05) is 0 Å². The van der Waals surface area contributed by atoms with Crippen LogP contribution >= 0.6 is 15.9 Å². The van der Waals surface area contributed by atoms with Gasteiger partial charge in [-0.05, 0) is 68.1 Å². The molecule has 0 spiro atoms. The fraction of sp³-hybridized carbons (Fsp3) is 0.571. The van der Waals surface area contributed by atoms with Gasteiger partial charge in [0.25, 0.3) is 0 Å². The van der Waals surface area contributed by atoms with Crippen LogP contribution < -0.4 is 0 Å². The van der Waals surface area contributed by atoms with Crippen molar-refractivity contribution in [3.8, 4) is 0 Å². The molecule has 5 heteroatoms. The summed E-state index contributed by atoms with van der Waals surface area (Å²) in [5.41, 5.74) is 0.165. The van der Waals surface area contributed by atoms with Crippen LogP contribution in [-0.4, -0.2) is 43.0 Å². The van der Waals surface area contributed by atoms with Crippen molar-refractivity contribution in [2.45, 2.75) is 25.4 Å². The van der Waals surface area contributed by atoms with E-state index in [9.17, 15) is 8.78 Å². The summed E-state index contributed by atoms with van der Waals surface area (Å²) in [5, 5.41) is 0. The number of halogens is 3. The Morgan fingerprint density at radius 1 is 1.26 bits per heavy atom. The monoisotopic (exact) mass is 332 g/mol. The molecule has 0 radical (unpaired) electrons. The van der Waals surface area contributed by atoms with Gasteiger partial charge in [-0.15, -0.1) is 0 Å². The lowest BCUT2D eigenvalue weighted by atomic mass is 10.0. The van der Waals surface area contributed by atoms with E-state index in [1.165, 1.54) is 12.1 Å². The molecule has 0 aliphatic carbocycles. The molecule has 1 fully saturated rings. The maximum absolute atomic E-state index is 13.9. The van der Waals surface area contributed by atoms with Crippen molar-refractivity contribution in [2.24, 2.45) is 0 Å². The molecule has 0 aromatic heterocycles. The Balaban J connectivity index is 2.02. The zero-order chi connectivity index (χ0) is 14.0. The third kappa shape index (κ3) is 3.52. The average molecular weight is 333 g/mol. The second kappa shape index (κ2) is 6.29. The van der Waals surface area contributed by atoms with Crippen LogP contribution in [0.5, 0.6) is 0 Å². The molecule has 1 aliphatic heterocycles. The van der Waals surface area contributed by atoms with Gasteiger partial charge < -0.3 is 4.90 Å². The number of benzene rings is 1. The smallest absolute Gasteiger partial charge is 0.144 e. The molecule has 0 unspecified atom stereocenters. The van der Waals surface area contributed by atoms with Gasteiger partial charge in [-0.2, -0.15) is 0 Å². The third-order valence-electron chi connectivity index (χ3n) is 3.81. The first-order valence-corrected chi connectivity index (χ1v) is 7.29. The summed E-state index contributed by atoms with van der Waals surface area (Å²) in [6, 6.07) is 3.30. The van der Waals surface area contributed by atoms with Gasteiger partial charge in [-0.3, -0.25) is 4.90 Å². The van der Waals surface area contributed by atoms with Crippen LogP contribution in [0.15, 0.2) is 16.6 Å². The van der Waals surface area contributed by atoms with Crippen molar-refractivity contribution in [1.29, 1.82) is 0 Å². The Bertz CT molecular complexity index is 443. The maximum atomic E-state index is 13.9. The molecular formula is C14H19BrF2N2. The highest BCUT2D eigenvalue weighted by Gasteiger charge is 2.22. The van der Waals surface area contributed by atoms with Crippen LogP contribution in [0.4, 0.5) is 8.78 Å². The Hall–Kier alpha value is -0.520. The molecule has 0 bridgehead atoms. The second-order valence-electron chi connectivity index (χ2n) is 5.29. The molecule has 1 aliphatic rings. The standard InChI is InChI=1S/C14H19BrF2N2/c1-18(2)10-5-7-19(8-6-10)9-11-13(16)4-3-12(15)14(11)17/h3-4,10H,5-9H2,1-2H3. The first-order chi connectivity index (χ1) is 8.99. The molecule has 2 rings (SSSR count). The summed E-state index contributed by atoms with van der Waals surface area (Å²) in [6.07, 6.45) is 2.09. The lowest BCUT2D eigenvalue weighted by Crippen LogP contribution is -2.41. The highest BCUT2D eigenvalue weighted by molar-refractivity contribution is 9.10. The maximum Gasteiger partial charge on any atom is 0.144 e. The Morgan fingerprint density at radius 2 is 1.89 bits per heavy atom. The fourth-order valence-electron chi connectivity index (χ4n) is 2.53. The van der Waals surface area contributed by atoms with E-state index in [1.54, 1.807) is 0 Å². The Kier molecular flexibility index (Phi) is 4.92. The Morgan fingerprint density at radius 3 is 2.47 bits per heavy atom. The van der Waals surface area contributed by atoms with Gasteiger partial charge in [0.15, 0.2) is 0 Å². The second-order valence-corrected chi connectivity index (χ2v) is 6.15. The molecule has 0 saturated carbocycles. The quantitative estimate of drug-likeness (QED) is 0.784. The molecule has 1 saturated heterocycles. The van der Waals surface area contributed by atoms with E-state index in [2.05, 4.69) is 39.8 Å². The first-order valence-electron chi connectivity index (χ1n) is 6.50. The molecule has 1 aromatic rings. The minimum Gasteiger partial charge on any atom is -0.306 e. The summed E-state index contributed by atoms with van der Waals surface area (Å²) in [6.45, 7) is 2.11. The van der Waals surface area contributed by atoms with Crippen molar-refractivity contribution in [3.63, 3.8) is 0 Å². The van der Waals surface area contributed by atoms with Crippen molar-refractivity contribution >= 4 is 15.9 Å². The zero-order valence-corrected chi connectivity index (χ0v) is 12.9. The number of rotatable bonds is 3. The Labute approximate surface area is 121 Å². The van der Waals surface area contributed by atoms with Gasteiger partial charge in [0, 0.05) is 18.2 Å².